The van der Waals surface area contributed by atoms with Crippen LogP contribution in [0.2, 0.25) is 0 Å². The zero-order valence-corrected chi connectivity index (χ0v) is 7.82. The van der Waals surface area contributed by atoms with E-state index in [1.807, 2.05) is 0 Å². The smallest absolute Gasteiger partial charge is 0.378 e. The molecule has 6 heteroatoms. The Hall–Kier alpha value is -1.17. The first kappa shape index (κ1) is 10.9. The lowest BCUT2D eigenvalue weighted by Gasteiger charge is -2.06. The highest BCUT2D eigenvalue weighted by Crippen LogP contribution is 2.27. The van der Waals surface area contributed by atoms with E-state index in [-0.39, 0.29) is 0 Å². The Kier molecular flexibility index (Phi) is 3.40. The van der Waals surface area contributed by atoms with Crippen LogP contribution < -0.4 is 5.32 Å². The highest BCUT2D eigenvalue weighted by Gasteiger charge is 2.31. The van der Waals surface area contributed by atoms with Gasteiger partial charge in [-0.25, -0.2) is 0 Å². The van der Waals surface area contributed by atoms with Crippen LogP contribution in [-0.2, 0) is 12.7 Å². The average Bonchev–Trinajstić information content (AvgIpc) is 2.14. The largest absolute Gasteiger partial charge is 0.433 e. The molecule has 1 rings (SSSR count). The van der Waals surface area contributed by atoms with Crippen LogP contribution in [0.1, 0.15) is 11.3 Å². The van der Waals surface area contributed by atoms with E-state index in [4.69, 9.17) is 0 Å². The Balaban J connectivity index is 2.73. The monoisotopic (exact) mass is 220 g/mol. The van der Waals surface area contributed by atoms with Crippen LogP contribution in [0, 0.1) is 0 Å². The number of nitrogens with zero attached hydrogens (tertiary/aromatic N) is 1. The quantitative estimate of drug-likeness (QED) is 0.790. The minimum atomic E-state index is -4.38. The van der Waals surface area contributed by atoms with Gasteiger partial charge in [0.15, 0.2) is 0 Å². The van der Waals surface area contributed by atoms with E-state index in [1.165, 1.54) is 17.8 Å². The van der Waals surface area contributed by atoms with Gasteiger partial charge in [-0.15, -0.1) is 0 Å². The summed E-state index contributed by atoms with van der Waals surface area (Å²) >= 11 is 4.50. The summed E-state index contributed by atoms with van der Waals surface area (Å²) in [5, 5.41) is 2.69. The third-order valence-electron chi connectivity index (χ3n) is 1.50. The number of halogens is 3. The molecule has 0 fully saturated rings. The molecule has 1 heterocycles. The van der Waals surface area contributed by atoms with Gasteiger partial charge in [0.1, 0.15) is 5.69 Å². The summed E-state index contributed by atoms with van der Waals surface area (Å²) in [6.07, 6.45) is -3.20. The van der Waals surface area contributed by atoms with Gasteiger partial charge in [0.25, 0.3) is 0 Å². The van der Waals surface area contributed by atoms with Crippen LogP contribution >= 0.6 is 12.2 Å². The molecule has 0 saturated heterocycles. The molecule has 1 aromatic heterocycles. The number of nitrogens with one attached hydrogen (secondary N) is 1. The molecule has 0 aliphatic heterocycles. The first-order valence-corrected chi connectivity index (χ1v) is 4.20. The van der Waals surface area contributed by atoms with E-state index in [2.05, 4.69) is 22.5 Å². The minimum absolute atomic E-state index is 0.384. The van der Waals surface area contributed by atoms with Crippen molar-refractivity contribution in [2.45, 2.75) is 12.7 Å². The second-order valence-corrected chi connectivity index (χ2v) is 2.78. The summed E-state index contributed by atoms with van der Waals surface area (Å²) in [5.74, 6) is 0. The van der Waals surface area contributed by atoms with Gasteiger partial charge in [0.05, 0.1) is 5.49 Å². The molecule has 14 heavy (non-hydrogen) atoms. The van der Waals surface area contributed by atoms with E-state index in [0.29, 0.717) is 12.1 Å². The van der Waals surface area contributed by atoms with Crippen molar-refractivity contribution < 1.29 is 13.2 Å². The van der Waals surface area contributed by atoms with Crippen molar-refractivity contribution in [2.75, 3.05) is 0 Å². The lowest BCUT2D eigenvalue weighted by Crippen LogP contribution is -2.11. The van der Waals surface area contributed by atoms with Crippen LogP contribution in [0.15, 0.2) is 18.3 Å². The fourth-order valence-corrected chi connectivity index (χ4v) is 0.940. The molecule has 0 aliphatic rings. The van der Waals surface area contributed by atoms with Crippen molar-refractivity contribution in [3.8, 4) is 0 Å². The number of hydrogen-bond acceptors (Lipinski definition) is 2. The third kappa shape index (κ3) is 2.95. The van der Waals surface area contributed by atoms with Crippen LogP contribution in [0.4, 0.5) is 13.2 Å². The first-order valence-electron chi connectivity index (χ1n) is 3.73. The van der Waals surface area contributed by atoms with E-state index < -0.39 is 11.9 Å². The molecule has 0 atom stereocenters. The van der Waals surface area contributed by atoms with Gasteiger partial charge in [0.2, 0.25) is 0 Å². The number of thiocarbonyl (C=S) groups is 1. The van der Waals surface area contributed by atoms with Gasteiger partial charge in [-0.3, -0.25) is 4.98 Å². The molecule has 0 spiro atoms. The van der Waals surface area contributed by atoms with Crippen molar-refractivity contribution in [2.24, 2.45) is 0 Å². The third-order valence-corrected chi connectivity index (χ3v) is 1.67. The van der Waals surface area contributed by atoms with Crippen molar-refractivity contribution in [3.05, 3.63) is 29.6 Å². The Morgan fingerprint density at radius 3 is 2.57 bits per heavy atom. The lowest BCUT2D eigenvalue weighted by atomic mass is 10.2. The predicted octanol–water partition coefficient (Wildman–Crippen LogP) is 2.15. The topological polar surface area (TPSA) is 24.9 Å². The van der Waals surface area contributed by atoms with Crippen LogP contribution in [0.25, 0.3) is 0 Å². The molecule has 1 aromatic rings. The molecule has 0 bridgehead atoms. The molecule has 0 unspecified atom stereocenters. The number of rotatable bonds is 3. The molecule has 76 valence electrons. The van der Waals surface area contributed by atoms with Gasteiger partial charge >= 0.3 is 6.18 Å². The van der Waals surface area contributed by atoms with Gasteiger partial charge < -0.3 is 5.32 Å². The molecule has 0 saturated carbocycles. The van der Waals surface area contributed by atoms with Crippen molar-refractivity contribution >= 4 is 17.7 Å². The highest BCUT2D eigenvalue weighted by atomic mass is 32.1. The molecular weight excluding hydrogens is 213 g/mol. The number of aromatic nitrogens is 1. The van der Waals surface area contributed by atoms with E-state index in [1.54, 1.807) is 0 Å². The molecular formula is C8H7F3N2S. The Morgan fingerprint density at radius 1 is 1.43 bits per heavy atom. The number of pyridine rings is 1. The number of hydrogen-bond donors (Lipinski definition) is 1. The van der Waals surface area contributed by atoms with E-state index in [0.717, 1.165) is 6.07 Å². The zero-order chi connectivity index (χ0) is 10.6. The SMILES string of the molecule is FC(F)(F)c1ccc(CNC=S)cn1. The number of alkyl halides is 3. The second kappa shape index (κ2) is 4.36. The van der Waals surface area contributed by atoms with Gasteiger partial charge in [-0.05, 0) is 11.6 Å². The van der Waals surface area contributed by atoms with Crippen LogP contribution in [0.5, 0.6) is 0 Å². The van der Waals surface area contributed by atoms with E-state index >= 15 is 0 Å². The fourth-order valence-electron chi connectivity index (χ4n) is 0.856. The Morgan fingerprint density at radius 2 is 2.14 bits per heavy atom. The highest BCUT2D eigenvalue weighted by molar-refractivity contribution is 7.78. The van der Waals surface area contributed by atoms with Crippen molar-refractivity contribution in [1.29, 1.82) is 0 Å². The molecule has 0 radical (unpaired) electrons. The molecule has 1 N–H and O–H groups in total. The summed E-state index contributed by atoms with van der Waals surface area (Å²) < 4.78 is 36.2. The minimum Gasteiger partial charge on any atom is -0.378 e. The average molecular weight is 220 g/mol. The molecule has 0 aliphatic carbocycles. The van der Waals surface area contributed by atoms with Crippen molar-refractivity contribution in [1.82, 2.24) is 10.3 Å². The second-order valence-electron chi connectivity index (χ2n) is 2.55. The zero-order valence-electron chi connectivity index (χ0n) is 7.01. The lowest BCUT2D eigenvalue weighted by molar-refractivity contribution is -0.141. The summed E-state index contributed by atoms with van der Waals surface area (Å²) in [5.41, 5.74) is 1.07. The summed E-state index contributed by atoms with van der Waals surface area (Å²) in [4.78, 5) is 3.29. The van der Waals surface area contributed by atoms with Gasteiger partial charge in [-0.1, -0.05) is 18.3 Å². The molecule has 0 aromatic carbocycles. The Labute approximate surface area is 84.2 Å². The predicted molar refractivity (Wildman–Crippen MR) is 49.7 cm³/mol. The normalized spacial score (nSPS) is 11.1. The summed E-state index contributed by atoms with van der Waals surface area (Å²) in [6, 6.07) is 2.31. The first-order chi connectivity index (χ1) is 6.54. The van der Waals surface area contributed by atoms with E-state index in [9.17, 15) is 13.2 Å². The Bertz CT molecular complexity index is 307. The maximum absolute atomic E-state index is 12.1. The fraction of sp³-hybridized carbons (Fsp3) is 0.250. The summed E-state index contributed by atoms with van der Waals surface area (Å²) in [7, 11) is 0. The van der Waals surface area contributed by atoms with Crippen molar-refractivity contribution in [3.63, 3.8) is 0 Å². The van der Waals surface area contributed by atoms with Gasteiger partial charge in [0, 0.05) is 12.7 Å². The van der Waals surface area contributed by atoms with Gasteiger partial charge in [-0.2, -0.15) is 13.2 Å². The molecule has 2 nitrogen and oxygen atoms in total. The summed E-state index contributed by atoms with van der Waals surface area (Å²) in [6.45, 7) is 0.384. The van der Waals surface area contributed by atoms with Crippen LogP contribution in [0.3, 0.4) is 0 Å². The standard InChI is InChI=1S/C8H7F3N2S/c9-8(10,11)7-2-1-6(4-13-7)3-12-5-14/h1-2,4-5H,3H2,(H,12,14). The maximum Gasteiger partial charge on any atom is 0.433 e. The van der Waals surface area contributed by atoms with Crippen LogP contribution in [-0.4, -0.2) is 10.5 Å². The maximum atomic E-state index is 12.1. The molecule has 0 amide bonds.